The van der Waals surface area contributed by atoms with Crippen LogP contribution in [0.3, 0.4) is 0 Å². The minimum Gasteiger partial charge on any atom is -0.480 e. The molecule has 0 saturated carbocycles. The van der Waals surface area contributed by atoms with E-state index >= 15 is 0 Å². The number of carbonyl (C=O) groups is 5. The highest BCUT2D eigenvalue weighted by Gasteiger charge is 2.30. The summed E-state index contributed by atoms with van der Waals surface area (Å²) in [5, 5.41) is 16.7. The number of H-pyrrole nitrogens is 1. The van der Waals surface area contributed by atoms with Crippen LogP contribution in [0, 0.1) is 0 Å². The number of primary amides is 1. The maximum atomic E-state index is 12.8. The van der Waals surface area contributed by atoms with Crippen molar-refractivity contribution in [3.05, 3.63) is 18.2 Å². The standard InChI is InChI=1S/C19H32N8O6S/c20-4-2-1-3-12(25-16(29)11(21)6-15(22)28)17(30)27-14(8-34)18(31)26-13(19(32)33)5-10-7-23-9-24-10/h7,9,11-14,34H,1-6,8,20-21H2,(H2,22,28)(H,23,24)(H,25,29)(H,26,31)(H,27,30)(H,32,33). The number of unbranched alkanes of at least 4 members (excludes halogenated alkanes) is 1. The second-order valence-corrected chi connectivity index (χ2v) is 7.91. The first-order valence-corrected chi connectivity index (χ1v) is 11.2. The van der Waals surface area contributed by atoms with Gasteiger partial charge >= 0.3 is 5.97 Å². The molecule has 1 aromatic heterocycles. The first-order valence-electron chi connectivity index (χ1n) is 10.5. The van der Waals surface area contributed by atoms with E-state index in [1.54, 1.807) is 0 Å². The Kier molecular flexibility index (Phi) is 12.6. The fourth-order valence-corrected chi connectivity index (χ4v) is 3.16. The van der Waals surface area contributed by atoms with Gasteiger partial charge in [0.25, 0.3) is 0 Å². The van der Waals surface area contributed by atoms with Gasteiger partial charge in [-0.2, -0.15) is 12.6 Å². The number of aromatic amines is 1. The Labute approximate surface area is 201 Å². The number of nitrogens with one attached hydrogen (secondary N) is 4. The van der Waals surface area contributed by atoms with Crippen LogP contribution in [0.4, 0.5) is 0 Å². The average Bonchev–Trinajstić information content (AvgIpc) is 3.28. The molecule has 0 radical (unpaired) electrons. The summed E-state index contributed by atoms with van der Waals surface area (Å²) < 4.78 is 0. The molecule has 4 atom stereocenters. The molecule has 0 aliphatic rings. The summed E-state index contributed by atoms with van der Waals surface area (Å²) in [5.74, 6) is -4.43. The van der Waals surface area contributed by atoms with Gasteiger partial charge in [0.05, 0.1) is 18.8 Å². The van der Waals surface area contributed by atoms with Gasteiger partial charge in [-0.05, 0) is 25.8 Å². The van der Waals surface area contributed by atoms with Gasteiger partial charge in [0, 0.05) is 24.1 Å². The zero-order valence-electron chi connectivity index (χ0n) is 18.5. The number of aliphatic carboxylic acids is 1. The fraction of sp³-hybridized carbons (Fsp3) is 0.579. The Morgan fingerprint density at radius 1 is 1.03 bits per heavy atom. The summed E-state index contributed by atoms with van der Waals surface area (Å²) in [4.78, 5) is 66.9. The zero-order valence-corrected chi connectivity index (χ0v) is 19.4. The number of hydrogen-bond donors (Lipinski definition) is 9. The molecule has 4 unspecified atom stereocenters. The largest absolute Gasteiger partial charge is 0.480 e. The van der Waals surface area contributed by atoms with E-state index in [0.29, 0.717) is 25.1 Å². The normalized spacial score (nSPS) is 14.3. The molecule has 1 aromatic rings. The molecule has 0 aromatic carbocycles. The number of hydrogen-bond acceptors (Lipinski definition) is 9. The van der Waals surface area contributed by atoms with Gasteiger partial charge in [0.2, 0.25) is 23.6 Å². The number of thiol groups is 1. The van der Waals surface area contributed by atoms with Crippen LogP contribution in [0.1, 0.15) is 31.4 Å². The average molecular weight is 501 g/mol. The van der Waals surface area contributed by atoms with E-state index in [1.807, 2.05) is 0 Å². The van der Waals surface area contributed by atoms with Crippen molar-refractivity contribution in [1.82, 2.24) is 25.9 Å². The second-order valence-electron chi connectivity index (χ2n) is 7.55. The van der Waals surface area contributed by atoms with Crippen molar-refractivity contribution in [1.29, 1.82) is 0 Å². The van der Waals surface area contributed by atoms with Crippen molar-refractivity contribution in [2.24, 2.45) is 17.2 Å². The summed E-state index contributed by atoms with van der Waals surface area (Å²) >= 11 is 4.07. The highest BCUT2D eigenvalue weighted by Crippen LogP contribution is 2.05. The molecule has 0 fully saturated rings. The first-order chi connectivity index (χ1) is 16.1. The number of amides is 4. The molecule has 190 valence electrons. The van der Waals surface area contributed by atoms with E-state index in [9.17, 15) is 29.1 Å². The molecule has 11 N–H and O–H groups in total. The monoisotopic (exact) mass is 500 g/mol. The Hall–Kier alpha value is -3.17. The number of carboxylic acid groups (broad SMARTS) is 1. The molecule has 0 aliphatic heterocycles. The Morgan fingerprint density at radius 2 is 1.65 bits per heavy atom. The number of carbonyl (C=O) groups excluding carboxylic acids is 4. The third-order valence-corrected chi connectivity index (χ3v) is 5.11. The van der Waals surface area contributed by atoms with Gasteiger partial charge in [-0.25, -0.2) is 9.78 Å². The Bertz CT molecular complexity index is 837. The van der Waals surface area contributed by atoms with Crippen LogP contribution in [0.25, 0.3) is 0 Å². The third-order valence-electron chi connectivity index (χ3n) is 4.75. The molecule has 34 heavy (non-hydrogen) atoms. The van der Waals surface area contributed by atoms with E-state index in [0.717, 1.165) is 0 Å². The van der Waals surface area contributed by atoms with Crippen LogP contribution in [-0.2, 0) is 30.4 Å². The predicted octanol–water partition coefficient (Wildman–Crippen LogP) is -3.25. The van der Waals surface area contributed by atoms with Gasteiger partial charge in [-0.3, -0.25) is 19.2 Å². The summed E-state index contributed by atoms with van der Waals surface area (Å²) in [5.41, 5.74) is 16.7. The number of carboxylic acids is 1. The SMILES string of the molecule is NCCCCC(NC(=O)C(N)CC(N)=O)C(=O)NC(CS)C(=O)NC(Cc1cnc[nH]1)C(=O)O. The molecule has 15 heteroatoms. The van der Waals surface area contributed by atoms with E-state index in [4.69, 9.17) is 17.2 Å². The quantitative estimate of drug-likeness (QED) is 0.0815. The van der Waals surface area contributed by atoms with E-state index in [-0.39, 0.29) is 18.6 Å². The summed E-state index contributed by atoms with van der Waals surface area (Å²) in [6.07, 6.45) is 3.61. The van der Waals surface area contributed by atoms with Crippen LogP contribution < -0.4 is 33.2 Å². The second kappa shape index (κ2) is 14.9. The molecule has 0 aliphatic carbocycles. The molecule has 0 spiro atoms. The van der Waals surface area contributed by atoms with Gasteiger partial charge in [0.1, 0.15) is 18.1 Å². The highest BCUT2D eigenvalue weighted by molar-refractivity contribution is 7.80. The van der Waals surface area contributed by atoms with Gasteiger partial charge in [-0.15, -0.1) is 0 Å². The molecule has 1 heterocycles. The molecule has 0 saturated heterocycles. The van der Waals surface area contributed by atoms with Crippen LogP contribution in [-0.4, -0.2) is 81.1 Å². The van der Waals surface area contributed by atoms with Crippen LogP contribution >= 0.6 is 12.6 Å². The van der Waals surface area contributed by atoms with Crippen molar-refractivity contribution in [3.63, 3.8) is 0 Å². The lowest BCUT2D eigenvalue weighted by Gasteiger charge is -2.24. The topological polar surface area (TPSA) is 248 Å². The lowest BCUT2D eigenvalue weighted by Crippen LogP contribution is -2.58. The Morgan fingerprint density at radius 3 is 2.18 bits per heavy atom. The van der Waals surface area contributed by atoms with Gasteiger partial charge in [0.15, 0.2) is 0 Å². The minimum atomic E-state index is -1.28. The number of nitrogens with two attached hydrogens (primary N) is 3. The summed E-state index contributed by atoms with van der Waals surface area (Å²) in [6, 6.07) is -4.79. The molecular formula is C19H32N8O6S. The van der Waals surface area contributed by atoms with Crippen molar-refractivity contribution in [3.8, 4) is 0 Å². The third kappa shape index (κ3) is 10.2. The molecule has 1 rings (SSSR count). The first kappa shape index (κ1) is 28.9. The minimum absolute atomic E-state index is 0.0518. The predicted molar refractivity (Wildman–Crippen MR) is 124 cm³/mol. The molecule has 4 amide bonds. The number of nitrogens with zero attached hydrogens (tertiary/aromatic N) is 1. The molecular weight excluding hydrogens is 468 g/mol. The summed E-state index contributed by atoms with van der Waals surface area (Å²) in [7, 11) is 0. The van der Waals surface area contributed by atoms with E-state index in [2.05, 4.69) is 38.5 Å². The van der Waals surface area contributed by atoms with Crippen molar-refractivity contribution in [2.75, 3.05) is 12.3 Å². The van der Waals surface area contributed by atoms with Crippen molar-refractivity contribution >= 4 is 42.2 Å². The van der Waals surface area contributed by atoms with Crippen LogP contribution in [0.2, 0.25) is 0 Å². The molecule has 14 nitrogen and oxygen atoms in total. The van der Waals surface area contributed by atoms with E-state index < -0.39 is 60.2 Å². The fourth-order valence-electron chi connectivity index (χ4n) is 2.90. The highest BCUT2D eigenvalue weighted by atomic mass is 32.1. The number of imidazole rings is 1. The van der Waals surface area contributed by atoms with Gasteiger partial charge in [-0.1, -0.05) is 0 Å². The lowest BCUT2D eigenvalue weighted by atomic mass is 10.1. The number of aromatic nitrogens is 2. The zero-order chi connectivity index (χ0) is 25.7. The summed E-state index contributed by atoms with van der Waals surface area (Å²) in [6.45, 7) is 0.373. The maximum absolute atomic E-state index is 12.8. The van der Waals surface area contributed by atoms with E-state index in [1.165, 1.54) is 12.5 Å². The Balaban J connectivity index is 2.84. The smallest absolute Gasteiger partial charge is 0.326 e. The van der Waals surface area contributed by atoms with Crippen molar-refractivity contribution in [2.45, 2.75) is 56.3 Å². The number of rotatable bonds is 16. The van der Waals surface area contributed by atoms with Crippen LogP contribution in [0.5, 0.6) is 0 Å². The van der Waals surface area contributed by atoms with Gasteiger partial charge < -0.3 is 43.2 Å². The molecule has 0 bridgehead atoms. The lowest BCUT2D eigenvalue weighted by molar-refractivity contribution is -0.142. The maximum Gasteiger partial charge on any atom is 0.326 e. The van der Waals surface area contributed by atoms with Crippen molar-refractivity contribution < 1.29 is 29.1 Å². The van der Waals surface area contributed by atoms with Crippen LogP contribution in [0.15, 0.2) is 12.5 Å².